The molecule has 1 heterocycles. The molecule has 0 radical (unpaired) electrons. The van der Waals surface area contributed by atoms with Gasteiger partial charge in [0.1, 0.15) is 11.5 Å². The van der Waals surface area contributed by atoms with Gasteiger partial charge >= 0.3 is 0 Å². The van der Waals surface area contributed by atoms with E-state index >= 15 is 0 Å². The highest BCUT2D eigenvalue weighted by molar-refractivity contribution is 7.91. The minimum Gasteiger partial charge on any atom is -0.441 e. The predicted octanol–water partition coefficient (Wildman–Crippen LogP) is 4.64. The lowest BCUT2D eigenvalue weighted by Gasteiger charge is -2.16. The fourth-order valence-electron chi connectivity index (χ4n) is 3.19. The number of aromatic nitrogens is 1. The Kier molecular flexibility index (Phi) is 7.03. The molecule has 7 nitrogen and oxygen atoms in total. The molecule has 0 atom stereocenters. The first-order chi connectivity index (χ1) is 15.0. The van der Waals surface area contributed by atoms with Gasteiger partial charge in [0.05, 0.1) is 23.5 Å². The number of amides is 1. The Morgan fingerprint density at radius 2 is 1.69 bits per heavy atom. The molecule has 0 spiro atoms. The van der Waals surface area contributed by atoms with Gasteiger partial charge in [-0.15, -0.1) is 0 Å². The first kappa shape index (κ1) is 23.5. The molecule has 2 N–H and O–H groups in total. The van der Waals surface area contributed by atoms with Gasteiger partial charge in [0, 0.05) is 6.42 Å². The number of nitrogens with one attached hydrogen (secondary N) is 2. The van der Waals surface area contributed by atoms with E-state index in [0.717, 1.165) is 0 Å². The van der Waals surface area contributed by atoms with Crippen LogP contribution in [0.1, 0.15) is 44.2 Å². The van der Waals surface area contributed by atoms with Crippen molar-refractivity contribution in [3.63, 3.8) is 0 Å². The van der Waals surface area contributed by atoms with Crippen LogP contribution in [0.25, 0.3) is 11.5 Å². The average molecular weight is 456 g/mol. The van der Waals surface area contributed by atoms with E-state index in [4.69, 9.17) is 4.42 Å². The number of carbonyl (C=O) groups excluding carboxylic acids is 1. The lowest BCUT2D eigenvalue weighted by atomic mass is 9.92. The zero-order valence-electron chi connectivity index (χ0n) is 18.8. The van der Waals surface area contributed by atoms with Crippen LogP contribution in [0.4, 0.5) is 5.69 Å². The van der Waals surface area contributed by atoms with Crippen LogP contribution in [0.15, 0.2) is 59.0 Å². The summed E-state index contributed by atoms with van der Waals surface area (Å²) in [5, 5.41) is 2.87. The van der Waals surface area contributed by atoms with Crippen LogP contribution in [0.2, 0.25) is 0 Å². The number of benzene rings is 2. The molecule has 2 aromatic carbocycles. The van der Waals surface area contributed by atoms with E-state index in [1.54, 1.807) is 55.5 Å². The number of hydrogen-bond donors (Lipinski definition) is 2. The van der Waals surface area contributed by atoms with Crippen LogP contribution in [-0.4, -0.2) is 19.3 Å². The quantitative estimate of drug-likeness (QED) is 0.515. The molecule has 32 heavy (non-hydrogen) atoms. The number of rotatable bonds is 8. The van der Waals surface area contributed by atoms with Crippen molar-refractivity contribution in [1.82, 2.24) is 10.3 Å². The third kappa shape index (κ3) is 6.68. The highest BCUT2D eigenvalue weighted by Crippen LogP contribution is 2.30. The van der Waals surface area contributed by atoms with Gasteiger partial charge in [-0.2, -0.15) is 0 Å². The van der Waals surface area contributed by atoms with Crippen molar-refractivity contribution in [2.45, 2.75) is 46.4 Å². The molecule has 0 aliphatic rings. The van der Waals surface area contributed by atoms with E-state index in [9.17, 15) is 13.2 Å². The molecular formula is C24H29N3O4S. The molecule has 0 fully saturated rings. The Morgan fingerprint density at radius 1 is 1.03 bits per heavy atom. The summed E-state index contributed by atoms with van der Waals surface area (Å²) < 4.78 is 33.9. The molecule has 0 aliphatic heterocycles. The normalized spacial score (nSPS) is 11.9. The van der Waals surface area contributed by atoms with Crippen molar-refractivity contribution in [3.05, 3.63) is 71.6 Å². The molecule has 170 valence electrons. The molecule has 3 aromatic rings. The minimum absolute atomic E-state index is 0.0597. The zero-order chi connectivity index (χ0) is 23.4. The number of hydrogen-bond acceptors (Lipinski definition) is 5. The van der Waals surface area contributed by atoms with Gasteiger partial charge in [0.15, 0.2) is 0 Å². The van der Waals surface area contributed by atoms with Crippen molar-refractivity contribution in [1.29, 1.82) is 0 Å². The van der Waals surface area contributed by atoms with E-state index in [1.807, 2.05) is 26.8 Å². The largest absolute Gasteiger partial charge is 0.441 e. The van der Waals surface area contributed by atoms with E-state index in [-0.39, 0.29) is 23.6 Å². The number of aryl methyl sites for hydroxylation is 1. The lowest BCUT2D eigenvalue weighted by molar-refractivity contribution is -0.123. The minimum atomic E-state index is -3.64. The van der Waals surface area contributed by atoms with E-state index in [0.29, 0.717) is 40.6 Å². The highest BCUT2D eigenvalue weighted by atomic mass is 32.2. The number of carbonyl (C=O) groups is 1. The van der Waals surface area contributed by atoms with Crippen molar-refractivity contribution in [3.8, 4) is 11.5 Å². The first-order valence-electron chi connectivity index (χ1n) is 10.4. The van der Waals surface area contributed by atoms with Gasteiger partial charge in [-0.3, -0.25) is 9.52 Å². The SMILES string of the molecule is Cc1oc(-c2ccccc2NS(=O)(=O)Cc2ccccc2)nc1CNC(=O)CC(C)(C)C. The smallest absolute Gasteiger partial charge is 0.236 e. The van der Waals surface area contributed by atoms with Crippen LogP contribution in [0.3, 0.4) is 0 Å². The number of nitrogens with zero attached hydrogens (tertiary/aromatic N) is 1. The molecule has 0 bridgehead atoms. The van der Waals surface area contributed by atoms with Crippen molar-refractivity contribution in [2.75, 3.05) is 4.72 Å². The molecule has 0 aliphatic carbocycles. The first-order valence-corrected chi connectivity index (χ1v) is 12.0. The molecular weight excluding hydrogens is 426 g/mol. The Labute approximate surface area is 189 Å². The summed E-state index contributed by atoms with van der Waals surface area (Å²) in [6.07, 6.45) is 0.406. The van der Waals surface area contributed by atoms with E-state index < -0.39 is 10.0 Å². The summed E-state index contributed by atoms with van der Waals surface area (Å²) in [7, 11) is -3.64. The summed E-state index contributed by atoms with van der Waals surface area (Å²) in [5.41, 5.74) is 2.10. The maximum absolute atomic E-state index is 12.7. The molecule has 0 saturated heterocycles. The van der Waals surface area contributed by atoms with Gasteiger partial charge in [0.2, 0.25) is 21.8 Å². The van der Waals surface area contributed by atoms with Gasteiger partial charge in [-0.1, -0.05) is 63.2 Å². The third-order valence-electron chi connectivity index (χ3n) is 4.66. The Morgan fingerprint density at radius 3 is 2.38 bits per heavy atom. The molecule has 0 unspecified atom stereocenters. The summed E-state index contributed by atoms with van der Waals surface area (Å²) in [6.45, 7) is 8.02. The summed E-state index contributed by atoms with van der Waals surface area (Å²) in [5.74, 6) is 0.659. The number of para-hydroxylation sites is 1. The fraction of sp³-hybridized carbons (Fsp3) is 0.333. The van der Waals surface area contributed by atoms with Crippen LogP contribution < -0.4 is 10.0 Å². The summed E-state index contributed by atoms with van der Waals surface area (Å²) in [4.78, 5) is 16.6. The number of sulfonamides is 1. The van der Waals surface area contributed by atoms with E-state index in [1.165, 1.54) is 0 Å². The standard InChI is InChI=1S/C24H29N3O4S/c1-17-21(15-25-22(28)14-24(2,3)4)26-23(31-17)19-12-8-9-13-20(19)27-32(29,30)16-18-10-6-5-7-11-18/h5-13,27H,14-16H2,1-4H3,(H,25,28). The van der Waals surface area contributed by atoms with Gasteiger partial charge < -0.3 is 9.73 Å². The molecule has 3 rings (SSSR count). The molecule has 8 heteroatoms. The Bertz CT molecular complexity index is 1180. The van der Waals surface area contributed by atoms with E-state index in [2.05, 4.69) is 15.0 Å². The predicted molar refractivity (Wildman–Crippen MR) is 125 cm³/mol. The fourth-order valence-corrected chi connectivity index (χ4v) is 4.41. The second-order valence-corrected chi connectivity index (χ2v) is 10.7. The van der Waals surface area contributed by atoms with Crippen molar-refractivity contribution in [2.24, 2.45) is 5.41 Å². The second kappa shape index (κ2) is 9.56. The summed E-state index contributed by atoms with van der Waals surface area (Å²) >= 11 is 0. The summed E-state index contributed by atoms with van der Waals surface area (Å²) in [6, 6.07) is 15.9. The lowest BCUT2D eigenvalue weighted by Crippen LogP contribution is -2.27. The average Bonchev–Trinajstić information content (AvgIpc) is 3.06. The molecule has 1 aromatic heterocycles. The number of oxazole rings is 1. The van der Waals surface area contributed by atoms with Crippen molar-refractivity contribution < 1.29 is 17.6 Å². The Balaban J connectivity index is 1.77. The van der Waals surface area contributed by atoms with Gasteiger partial charge in [-0.05, 0) is 30.0 Å². The van der Waals surface area contributed by atoms with Crippen LogP contribution in [0.5, 0.6) is 0 Å². The van der Waals surface area contributed by atoms with Gasteiger partial charge in [-0.25, -0.2) is 13.4 Å². The zero-order valence-corrected chi connectivity index (χ0v) is 19.6. The molecule has 0 saturated carbocycles. The topological polar surface area (TPSA) is 101 Å². The van der Waals surface area contributed by atoms with Crippen LogP contribution in [0, 0.1) is 12.3 Å². The number of anilines is 1. The molecule has 1 amide bonds. The highest BCUT2D eigenvalue weighted by Gasteiger charge is 2.20. The van der Waals surface area contributed by atoms with Crippen LogP contribution >= 0.6 is 0 Å². The monoisotopic (exact) mass is 455 g/mol. The Hall–Kier alpha value is -3.13. The maximum atomic E-state index is 12.7. The third-order valence-corrected chi connectivity index (χ3v) is 5.90. The van der Waals surface area contributed by atoms with Crippen molar-refractivity contribution >= 4 is 21.6 Å². The van der Waals surface area contributed by atoms with Gasteiger partial charge in [0.25, 0.3) is 0 Å². The van der Waals surface area contributed by atoms with Crippen LogP contribution in [-0.2, 0) is 27.1 Å². The second-order valence-electron chi connectivity index (χ2n) is 8.93. The maximum Gasteiger partial charge on any atom is 0.236 e.